The first-order valence-corrected chi connectivity index (χ1v) is 9.56. The molecule has 0 aliphatic heterocycles. The molecule has 0 aliphatic carbocycles. The smallest absolute Gasteiger partial charge is 0.409 e. The van der Waals surface area contributed by atoms with Crippen LogP contribution in [0, 0.1) is 0 Å². The van der Waals surface area contributed by atoms with E-state index in [9.17, 15) is 14.7 Å². The van der Waals surface area contributed by atoms with Crippen LogP contribution in [0.1, 0.15) is 0 Å². The Morgan fingerprint density at radius 3 is 2.45 bits per heavy atom. The van der Waals surface area contributed by atoms with Gasteiger partial charge in [-0.15, -0.1) is 0 Å². The van der Waals surface area contributed by atoms with Crippen LogP contribution in [0.25, 0.3) is 33.2 Å². The summed E-state index contributed by atoms with van der Waals surface area (Å²) in [7, 11) is 1.53. The highest BCUT2D eigenvalue weighted by Crippen LogP contribution is 2.38. The van der Waals surface area contributed by atoms with Crippen molar-refractivity contribution in [3.8, 4) is 39.5 Å². The molecule has 0 radical (unpaired) electrons. The van der Waals surface area contributed by atoms with Crippen molar-refractivity contribution < 1.29 is 19.4 Å². The van der Waals surface area contributed by atoms with Crippen LogP contribution in [-0.4, -0.2) is 23.3 Å². The quantitative estimate of drug-likeness (QED) is 0.429. The number of hydrogen-bond donors (Lipinski definition) is 3. The number of methoxy groups -OCH3 is 1. The van der Waals surface area contributed by atoms with E-state index >= 15 is 0 Å². The molecular formula is C23H17ClN2O5. The van der Waals surface area contributed by atoms with Crippen LogP contribution >= 0.6 is 11.6 Å². The lowest BCUT2D eigenvalue weighted by Gasteiger charge is -2.12. The van der Waals surface area contributed by atoms with Crippen LogP contribution < -0.4 is 20.8 Å². The summed E-state index contributed by atoms with van der Waals surface area (Å²) in [5.74, 6) is 0.686. The van der Waals surface area contributed by atoms with E-state index in [4.69, 9.17) is 26.8 Å². The second-order valence-corrected chi connectivity index (χ2v) is 7.14. The molecule has 4 rings (SSSR count). The Morgan fingerprint density at radius 1 is 1.03 bits per heavy atom. The summed E-state index contributed by atoms with van der Waals surface area (Å²) in [6.07, 6.45) is -0.907. The van der Waals surface area contributed by atoms with E-state index in [0.29, 0.717) is 38.6 Å². The summed E-state index contributed by atoms with van der Waals surface area (Å²) < 4.78 is 10.1. The number of benzene rings is 3. The molecule has 0 atom stereocenters. The number of pyridine rings is 1. The van der Waals surface area contributed by atoms with E-state index in [0.717, 1.165) is 5.56 Å². The summed E-state index contributed by atoms with van der Waals surface area (Å²) in [5.41, 5.74) is 6.96. The number of aromatic amines is 1. The maximum atomic E-state index is 12.7. The van der Waals surface area contributed by atoms with E-state index in [1.54, 1.807) is 60.7 Å². The molecule has 0 aliphatic rings. The van der Waals surface area contributed by atoms with Gasteiger partial charge in [-0.25, -0.2) is 4.79 Å². The first-order valence-electron chi connectivity index (χ1n) is 9.18. The first-order chi connectivity index (χ1) is 14.9. The number of carbonyl (C=O) groups excluding carboxylic acids is 1. The minimum Gasteiger partial charge on any atom is -0.506 e. The van der Waals surface area contributed by atoms with Gasteiger partial charge in [-0.05, 0) is 47.5 Å². The molecule has 3 aromatic carbocycles. The topological polar surface area (TPSA) is 115 Å². The Morgan fingerprint density at radius 2 is 1.77 bits per heavy atom. The van der Waals surface area contributed by atoms with Crippen LogP contribution in [0.3, 0.4) is 0 Å². The number of nitrogens with two attached hydrogens (primary N) is 1. The number of amides is 1. The summed E-state index contributed by atoms with van der Waals surface area (Å²) >= 11 is 6.44. The molecule has 0 saturated heterocycles. The van der Waals surface area contributed by atoms with E-state index in [1.165, 1.54) is 7.11 Å². The molecule has 31 heavy (non-hydrogen) atoms. The van der Waals surface area contributed by atoms with Gasteiger partial charge in [-0.2, -0.15) is 0 Å². The third-order valence-electron chi connectivity index (χ3n) is 4.82. The Balaban J connectivity index is 1.87. The molecule has 1 aromatic heterocycles. The van der Waals surface area contributed by atoms with Gasteiger partial charge in [0.1, 0.15) is 17.2 Å². The summed E-state index contributed by atoms with van der Waals surface area (Å²) in [4.78, 5) is 26.4. The van der Waals surface area contributed by atoms with Gasteiger partial charge >= 0.3 is 6.09 Å². The maximum absolute atomic E-state index is 12.7. The number of ether oxygens (including phenoxy) is 2. The lowest BCUT2D eigenvalue weighted by atomic mass is 9.99. The number of aromatic hydroxyl groups is 1. The van der Waals surface area contributed by atoms with Gasteiger partial charge < -0.3 is 25.3 Å². The van der Waals surface area contributed by atoms with Crippen molar-refractivity contribution in [1.29, 1.82) is 0 Å². The molecule has 0 spiro atoms. The molecule has 8 heteroatoms. The SMILES string of the molecule is COc1cccc(-c2c(O)c3cc(-c4ccc(OC(N)=O)cc4)c(Cl)cc3[nH]c2=O)c1. The monoisotopic (exact) mass is 436 g/mol. The number of fused-ring (bicyclic) bond motifs is 1. The number of rotatable bonds is 4. The second-order valence-electron chi connectivity index (χ2n) is 6.73. The van der Waals surface area contributed by atoms with Crippen LogP contribution in [0.2, 0.25) is 5.02 Å². The largest absolute Gasteiger partial charge is 0.506 e. The number of carbonyl (C=O) groups is 1. The predicted octanol–water partition coefficient (Wildman–Crippen LogP) is 4.69. The third kappa shape index (κ3) is 3.91. The van der Waals surface area contributed by atoms with Crippen molar-refractivity contribution >= 4 is 28.6 Å². The number of halogens is 1. The highest BCUT2D eigenvalue weighted by atomic mass is 35.5. The first kappa shape index (κ1) is 20.3. The zero-order valence-electron chi connectivity index (χ0n) is 16.3. The Kier molecular flexibility index (Phi) is 5.27. The van der Waals surface area contributed by atoms with Gasteiger partial charge in [0.2, 0.25) is 0 Å². The fraction of sp³-hybridized carbons (Fsp3) is 0.0435. The summed E-state index contributed by atoms with van der Waals surface area (Å²) in [6.45, 7) is 0. The van der Waals surface area contributed by atoms with Gasteiger partial charge in [0.05, 0.1) is 23.2 Å². The van der Waals surface area contributed by atoms with Crippen LogP contribution in [0.4, 0.5) is 4.79 Å². The summed E-state index contributed by atoms with van der Waals surface area (Å²) in [5, 5.41) is 11.8. The van der Waals surface area contributed by atoms with Crippen molar-refractivity contribution in [1.82, 2.24) is 4.98 Å². The lowest BCUT2D eigenvalue weighted by Crippen LogP contribution is -2.16. The van der Waals surface area contributed by atoms with Gasteiger partial charge in [0, 0.05) is 10.9 Å². The molecule has 4 aromatic rings. The summed E-state index contributed by atoms with van der Waals surface area (Å²) in [6, 6.07) is 16.7. The molecular weight excluding hydrogens is 420 g/mol. The van der Waals surface area contributed by atoms with E-state index in [2.05, 4.69) is 4.98 Å². The minimum atomic E-state index is -0.907. The fourth-order valence-electron chi connectivity index (χ4n) is 3.39. The number of hydrogen-bond acceptors (Lipinski definition) is 5. The highest BCUT2D eigenvalue weighted by Gasteiger charge is 2.17. The second kappa shape index (κ2) is 8.04. The van der Waals surface area contributed by atoms with Crippen molar-refractivity contribution in [2.75, 3.05) is 7.11 Å². The fourth-order valence-corrected chi connectivity index (χ4v) is 3.66. The van der Waals surface area contributed by atoms with E-state index in [-0.39, 0.29) is 11.3 Å². The Bertz CT molecular complexity index is 1360. The molecule has 1 heterocycles. The highest BCUT2D eigenvalue weighted by molar-refractivity contribution is 6.34. The van der Waals surface area contributed by atoms with Crippen LogP contribution in [0.15, 0.2) is 65.5 Å². The van der Waals surface area contributed by atoms with Crippen molar-refractivity contribution in [3.63, 3.8) is 0 Å². The standard InChI is InChI=1S/C23H17ClN2O5/c1-30-15-4-2-3-13(9-15)20-21(27)17-10-16(18(24)11-19(17)26-22(20)28)12-5-7-14(8-6-12)31-23(25)29/h2-11H,1H3,(H2,25,29)(H2,26,27,28). The maximum Gasteiger partial charge on any atom is 0.409 e. The third-order valence-corrected chi connectivity index (χ3v) is 5.13. The number of nitrogens with one attached hydrogen (secondary N) is 1. The van der Waals surface area contributed by atoms with E-state index < -0.39 is 11.7 Å². The van der Waals surface area contributed by atoms with Crippen molar-refractivity contribution in [3.05, 3.63) is 76.0 Å². The molecule has 0 unspecified atom stereocenters. The molecule has 0 bridgehead atoms. The minimum absolute atomic E-state index is 0.130. The number of primary amides is 1. The zero-order chi connectivity index (χ0) is 22.1. The number of aromatic nitrogens is 1. The van der Waals surface area contributed by atoms with Crippen molar-refractivity contribution in [2.45, 2.75) is 0 Å². The molecule has 156 valence electrons. The number of H-pyrrole nitrogens is 1. The average Bonchev–Trinajstić information content (AvgIpc) is 2.74. The molecule has 1 amide bonds. The van der Waals surface area contributed by atoms with E-state index in [1.807, 2.05) is 0 Å². The van der Waals surface area contributed by atoms with Crippen LogP contribution in [0.5, 0.6) is 17.2 Å². The van der Waals surface area contributed by atoms with Gasteiger partial charge in [-0.3, -0.25) is 4.79 Å². The van der Waals surface area contributed by atoms with Crippen molar-refractivity contribution in [2.24, 2.45) is 5.73 Å². The lowest BCUT2D eigenvalue weighted by molar-refractivity contribution is 0.211. The zero-order valence-corrected chi connectivity index (χ0v) is 17.1. The Labute approximate surface area is 181 Å². The predicted molar refractivity (Wildman–Crippen MR) is 119 cm³/mol. The van der Waals surface area contributed by atoms with Gasteiger partial charge in [-0.1, -0.05) is 35.9 Å². The molecule has 0 fully saturated rings. The van der Waals surface area contributed by atoms with Gasteiger partial charge in [0.15, 0.2) is 0 Å². The van der Waals surface area contributed by atoms with Crippen LogP contribution in [-0.2, 0) is 0 Å². The normalized spacial score (nSPS) is 10.8. The molecule has 4 N–H and O–H groups in total. The van der Waals surface area contributed by atoms with Gasteiger partial charge in [0.25, 0.3) is 5.56 Å². The Hall–Kier alpha value is -3.97. The average molecular weight is 437 g/mol. The molecule has 0 saturated carbocycles. The molecule has 7 nitrogen and oxygen atoms in total.